The van der Waals surface area contributed by atoms with E-state index in [1.54, 1.807) is 39.8 Å². The molecule has 162 valence electrons. The number of benzene rings is 1. The van der Waals surface area contributed by atoms with Gasteiger partial charge in [0.2, 0.25) is 0 Å². The van der Waals surface area contributed by atoms with Crippen LogP contribution in [0.1, 0.15) is 60.3 Å². The lowest BCUT2D eigenvalue weighted by atomic mass is 9.96. The maximum absolute atomic E-state index is 13.5. The Labute approximate surface area is 172 Å². The molecule has 0 bridgehead atoms. The first-order valence-electron chi connectivity index (χ1n) is 10.2. The third kappa shape index (κ3) is 7.55. The Bertz CT molecular complexity index is 697. The predicted molar refractivity (Wildman–Crippen MR) is 107 cm³/mol. The van der Waals surface area contributed by atoms with Crippen LogP contribution in [-0.4, -0.2) is 35.9 Å². The van der Waals surface area contributed by atoms with Crippen LogP contribution in [0.25, 0.3) is 0 Å². The van der Waals surface area contributed by atoms with Crippen molar-refractivity contribution in [2.24, 2.45) is 5.92 Å². The van der Waals surface area contributed by atoms with E-state index in [0.29, 0.717) is 5.75 Å². The topological polar surface area (TPSA) is 73.9 Å². The molecular weight excluding hydrogens is 377 g/mol. The molecule has 7 heteroatoms. The van der Waals surface area contributed by atoms with Crippen LogP contribution < -0.4 is 10.1 Å². The lowest BCUT2D eigenvalue weighted by Crippen LogP contribution is -2.46. The second kappa shape index (κ2) is 9.94. The van der Waals surface area contributed by atoms with Crippen molar-refractivity contribution in [3.63, 3.8) is 0 Å². The molecule has 1 saturated carbocycles. The minimum Gasteiger partial charge on any atom is -0.486 e. The van der Waals surface area contributed by atoms with Crippen molar-refractivity contribution in [1.29, 1.82) is 0 Å². The van der Waals surface area contributed by atoms with Gasteiger partial charge in [-0.05, 0) is 65.5 Å². The average molecular weight is 409 g/mol. The number of esters is 1. The minimum atomic E-state index is -0.870. The van der Waals surface area contributed by atoms with Crippen LogP contribution >= 0.6 is 0 Å². The van der Waals surface area contributed by atoms with Gasteiger partial charge in [-0.15, -0.1) is 0 Å². The first-order chi connectivity index (χ1) is 13.5. The summed E-state index contributed by atoms with van der Waals surface area (Å²) in [6.45, 7) is 8.53. The van der Waals surface area contributed by atoms with E-state index in [1.807, 2.05) is 0 Å². The van der Waals surface area contributed by atoms with E-state index < -0.39 is 35.9 Å². The van der Waals surface area contributed by atoms with Crippen molar-refractivity contribution in [1.82, 2.24) is 5.32 Å². The first-order valence-corrected chi connectivity index (χ1v) is 10.2. The molecule has 1 fully saturated rings. The Hall–Kier alpha value is -2.31. The summed E-state index contributed by atoms with van der Waals surface area (Å²) in [6, 6.07) is 5.07. The average Bonchev–Trinajstić information content (AvgIpc) is 3.12. The van der Waals surface area contributed by atoms with Gasteiger partial charge in [-0.1, -0.05) is 18.9 Å². The van der Waals surface area contributed by atoms with Gasteiger partial charge in [0, 0.05) is 6.07 Å². The zero-order valence-corrected chi connectivity index (χ0v) is 17.9. The number of alkyl carbamates (subject to hydrolysis) is 1. The Morgan fingerprint density at radius 1 is 1.17 bits per heavy atom. The summed E-state index contributed by atoms with van der Waals surface area (Å²) in [5.74, 6) is -0.332. The second-order valence-electron chi connectivity index (χ2n) is 8.59. The molecule has 1 aromatic rings. The summed E-state index contributed by atoms with van der Waals surface area (Å²) < 4.78 is 30.3. The fraction of sp³-hybridized carbons (Fsp3) is 0.636. The zero-order chi connectivity index (χ0) is 21.6. The number of halogens is 1. The Balaban J connectivity index is 1.99. The standard InChI is InChI=1S/C22H32FNO5/c1-14(24-21(26)29-22(3,4)5)20(25)27-15(2)19(16-9-6-7-10-16)28-18-12-8-11-17(23)13-18/h8,11-16,19H,6-7,9-10H2,1-5H3,(H,24,26)/t14-,15-,19-/m0/s1. The quantitative estimate of drug-likeness (QED) is 0.666. The highest BCUT2D eigenvalue weighted by atomic mass is 19.1. The molecule has 0 unspecified atom stereocenters. The summed E-state index contributed by atoms with van der Waals surface area (Å²) in [5.41, 5.74) is -0.659. The molecule has 1 N–H and O–H groups in total. The van der Waals surface area contributed by atoms with Crippen LogP contribution in [-0.2, 0) is 14.3 Å². The summed E-state index contributed by atoms with van der Waals surface area (Å²) in [5, 5.41) is 2.48. The molecule has 1 aliphatic carbocycles. The molecule has 3 atom stereocenters. The SMILES string of the molecule is C[C@H](NC(=O)OC(C)(C)C)C(=O)O[C@@H](C)[C@H](Oc1cccc(F)c1)C1CCCC1. The number of hydrogen-bond acceptors (Lipinski definition) is 5. The Morgan fingerprint density at radius 2 is 1.83 bits per heavy atom. The van der Waals surface area contributed by atoms with Crippen LogP contribution in [0, 0.1) is 11.7 Å². The summed E-state index contributed by atoms with van der Waals surface area (Å²) in [6.07, 6.45) is 2.48. The van der Waals surface area contributed by atoms with Gasteiger partial charge < -0.3 is 19.5 Å². The zero-order valence-electron chi connectivity index (χ0n) is 17.9. The van der Waals surface area contributed by atoms with E-state index in [-0.39, 0.29) is 11.7 Å². The van der Waals surface area contributed by atoms with Crippen LogP contribution in [0.5, 0.6) is 5.75 Å². The molecule has 29 heavy (non-hydrogen) atoms. The van der Waals surface area contributed by atoms with E-state index in [9.17, 15) is 14.0 Å². The molecular formula is C22H32FNO5. The number of hydrogen-bond donors (Lipinski definition) is 1. The van der Waals surface area contributed by atoms with Crippen molar-refractivity contribution in [3.8, 4) is 5.75 Å². The monoisotopic (exact) mass is 409 g/mol. The van der Waals surface area contributed by atoms with E-state index in [1.165, 1.54) is 19.1 Å². The van der Waals surface area contributed by atoms with Gasteiger partial charge in [0.25, 0.3) is 0 Å². The van der Waals surface area contributed by atoms with Crippen LogP contribution in [0.4, 0.5) is 9.18 Å². The van der Waals surface area contributed by atoms with Gasteiger partial charge in [-0.2, -0.15) is 0 Å². The van der Waals surface area contributed by atoms with Gasteiger partial charge in [-0.25, -0.2) is 14.0 Å². The number of carbonyl (C=O) groups is 2. The molecule has 1 aliphatic rings. The molecule has 0 heterocycles. The van der Waals surface area contributed by atoms with Crippen LogP contribution in [0.2, 0.25) is 0 Å². The normalized spacial score (nSPS) is 17.9. The molecule has 6 nitrogen and oxygen atoms in total. The lowest BCUT2D eigenvalue weighted by Gasteiger charge is -2.30. The first kappa shape index (κ1) is 23.0. The van der Waals surface area contributed by atoms with Gasteiger partial charge >= 0.3 is 12.1 Å². The number of amides is 1. The fourth-order valence-electron chi connectivity index (χ4n) is 3.45. The largest absolute Gasteiger partial charge is 0.486 e. The second-order valence-corrected chi connectivity index (χ2v) is 8.59. The van der Waals surface area contributed by atoms with E-state index in [0.717, 1.165) is 25.7 Å². The Kier molecular flexibility index (Phi) is 7.88. The lowest BCUT2D eigenvalue weighted by molar-refractivity contribution is -0.156. The summed E-state index contributed by atoms with van der Waals surface area (Å²) >= 11 is 0. The maximum atomic E-state index is 13.5. The van der Waals surface area contributed by atoms with Gasteiger partial charge in [-0.3, -0.25) is 0 Å². The third-order valence-electron chi connectivity index (χ3n) is 4.78. The van der Waals surface area contributed by atoms with E-state index in [2.05, 4.69) is 5.32 Å². The molecule has 1 aromatic carbocycles. The molecule has 0 aromatic heterocycles. The molecule has 0 radical (unpaired) electrons. The summed E-state index contributed by atoms with van der Waals surface area (Å²) in [7, 11) is 0. The summed E-state index contributed by atoms with van der Waals surface area (Å²) in [4.78, 5) is 24.3. The number of nitrogens with one attached hydrogen (secondary N) is 1. The smallest absolute Gasteiger partial charge is 0.408 e. The molecule has 0 spiro atoms. The Morgan fingerprint density at radius 3 is 2.41 bits per heavy atom. The number of rotatable bonds is 7. The van der Waals surface area contributed by atoms with Crippen LogP contribution in [0.15, 0.2) is 24.3 Å². The highest BCUT2D eigenvalue weighted by Gasteiger charge is 2.34. The van der Waals surface area contributed by atoms with Gasteiger partial charge in [0.1, 0.15) is 35.4 Å². The molecule has 2 rings (SSSR count). The minimum absolute atomic E-state index is 0.218. The van der Waals surface area contributed by atoms with Crippen molar-refractivity contribution in [3.05, 3.63) is 30.1 Å². The van der Waals surface area contributed by atoms with Gasteiger partial charge in [0.15, 0.2) is 0 Å². The predicted octanol–water partition coefficient (Wildman–Crippen LogP) is 4.61. The van der Waals surface area contributed by atoms with E-state index in [4.69, 9.17) is 14.2 Å². The maximum Gasteiger partial charge on any atom is 0.408 e. The highest BCUT2D eigenvalue weighted by molar-refractivity contribution is 5.81. The third-order valence-corrected chi connectivity index (χ3v) is 4.78. The van der Waals surface area contributed by atoms with Crippen molar-refractivity contribution in [2.75, 3.05) is 0 Å². The van der Waals surface area contributed by atoms with Crippen molar-refractivity contribution in [2.45, 2.75) is 84.2 Å². The van der Waals surface area contributed by atoms with E-state index >= 15 is 0 Å². The molecule has 1 amide bonds. The van der Waals surface area contributed by atoms with Crippen molar-refractivity contribution < 1.29 is 28.2 Å². The molecule has 0 aliphatic heterocycles. The fourth-order valence-corrected chi connectivity index (χ4v) is 3.45. The van der Waals surface area contributed by atoms with Crippen molar-refractivity contribution >= 4 is 12.1 Å². The number of ether oxygens (including phenoxy) is 3. The number of carbonyl (C=O) groups excluding carboxylic acids is 2. The molecule has 0 saturated heterocycles. The highest BCUT2D eigenvalue weighted by Crippen LogP contribution is 2.32. The van der Waals surface area contributed by atoms with Crippen LogP contribution in [0.3, 0.4) is 0 Å². The van der Waals surface area contributed by atoms with Gasteiger partial charge in [0.05, 0.1) is 0 Å².